The molecule has 0 aliphatic carbocycles. The van der Waals surface area contributed by atoms with E-state index in [2.05, 4.69) is 11.8 Å². The fraction of sp³-hybridized carbons (Fsp3) is 1.00. The average molecular weight is 287 g/mol. The highest BCUT2D eigenvalue weighted by molar-refractivity contribution is 4.58. The lowest BCUT2D eigenvalue weighted by Gasteiger charge is -2.23. The second-order valence-electron chi connectivity index (χ2n) is 5.45. The first kappa shape index (κ1) is 17.9. The highest BCUT2D eigenvalue weighted by Crippen LogP contribution is 2.06. The Hall–Kier alpha value is -0.160. The van der Waals surface area contributed by atoms with Gasteiger partial charge in [0.25, 0.3) is 0 Å². The van der Waals surface area contributed by atoms with Gasteiger partial charge in [-0.25, -0.2) is 0 Å². The molecule has 1 aliphatic rings. The summed E-state index contributed by atoms with van der Waals surface area (Å²) in [7, 11) is 0. The van der Waals surface area contributed by atoms with Crippen molar-refractivity contribution in [1.29, 1.82) is 0 Å². The molecule has 0 unspecified atom stereocenters. The summed E-state index contributed by atoms with van der Waals surface area (Å²) in [6.45, 7) is 9.84. The summed E-state index contributed by atoms with van der Waals surface area (Å²) >= 11 is 0. The van der Waals surface area contributed by atoms with E-state index in [1.165, 1.54) is 45.1 Å². The van der Waals surface area contributed by atoms with Gasteiger partial charge in [-0.15, -0.1) is 0 Å². The number of unbranched alkanes of at least 4 members (excludes halogenated alkanes) is 5. The molecule has 0 amide bonds. The van der Waals surface area contributed by atoms with E-state index in [1.54, 1.807) is 0 Å². The van der Waals surface area contributed by atoms with E-state index in [0.717, 1.165) is 26.3 Å². The summed E-state index contributed by atoms with van der Waals surface area (Å²) in [5.74, 6) is 0. The Kier molecular flexibility index (Phi) is 12.3. The molecule has 4 nitrogen and oxygen atoms in total. The Morgan fingerprint density at radius 2 is 1.15 bits per heavy atom. The molecular formula is C16H33NO3. The van der Waals surface area contributed by atoms with Crippen LogP contribution in [0.2, 0.25) is 0 Å². The topological polar surface area (TPSA) is 30.9 Å². The Bertz CT molecular complexity index is 190. The molecule has 0 bridgehead atoms. The second-order valence-corrected chi connectivity index (χ2v) is 5.45. The van der Waals surface area contributed by atoms with E-state index in [1.807, 2.05) is 0 Å². The van der Waals surface area contributed by atoms with Gasteiger partial charge in [0, 0.05) is 13.1 Å². The molecule has 0 radical (unpaired) electrons. The van der Waals surface area contributed by atoms with E-state index in [-0.39, 0.29) is 0 Å². The first-order valence-electron chi connectivity index (χ1n) is 8.39. The van der Waals surface area contributed by atoms with Crippen LogP contribution in [0.15, 0.2) is 0 Å². The molecule has 0 N–H and O–H groups in total. The van der Waals surface area contributed by atoms with Gasteiger partial charge in [-0.1, -0.05) is 39.0 Å². The SMILES string of the molecule is CCCCCCCCN1CCOCCOCCOCC1. The van der Waals surface area contributed by atoms with Crippen molar-refractivity contribution in [3.8, 4) is 0 Å². The van der Waals surface area contributed by atoms with Crippen LogP contribution in [0.3, 0.4) is 0 Å². The summed E-state index contributed by atoms with van der Waals surface area (Å²) < 4.78 is 16.6. The van der Waals surface area contributed by atoms with E-state index in [9.17, 15) is 0 Å². The second kappa shape index (κ2) is 13.8. The summed E-state index contributed by atoms with van der Waals surface area (Å²) in [6, 6.07) is 0. The Labute approximate surface area is 124 Å². The van der Waals surface area contributed by atoms with Gasteiger partial charge in [-0.3, -0.25) is 4.90 Å². The molecule has 0 aromatic heterocycles. The van der Waals surface area contributed by atoms with Crippen molar-refractivity contribution >= 4 is 0 Å². The Morgan fingerprint density at radius 3 is 1.75 bits per heavy atom. The quantitative estimate of drug-likeness (QED) is 0.674. The van der Waals surface area contributed by atoms with Crippen LogP contribution >= 0.6 is 0 Å². The first-order chi connectivity index (χ1) is 9.93. The molecule has 0 saturated carbocycles. The minimum Gasteiger partial charge on any atom is -0.378 e. The fourth-order valence-corrected chi connectivity index (χ4v) is 2.38. The Morgan fingerprint density at radius 1 is 0.650 bits per heavy atom. The third kappa shape index (κ3) is 10.6. The van der Waals surface area contributed by atoms with Gasteiger partial charge in [0.05, 0.1) is 39.6 Å². The molecule has 0 spiro atoms. The molecule has 4 heteroatoms. The largest absolute Gasteiger partial charge is 0.378 e. The number of hydrogen-bond acceptors (Lipinski definition) is 4. The van der Waals surface area contributed by atoms with Gasteiger partial charge in [0.2, 0.25) is 0 Å². The molecule has 0 aromatic carbocycles. The zero-order valence-corrected chi connectivity index (χ0v) is 13.3. The average Bonchev–Trinajstić information content (AvgIpc) is 2.45. The molecule has 1 fully saturated rings. The zero-order valence-electron chi connectivity index (χ0n) is 13.3. The van der Waals surface area contributed by atoms with Crippen LogP contribution in [-0.2, 0) is 14.2 Å². The van der Waals surface area contributed by atoms with Crippen LogP contribution in [0, 0.1) is 0 Å². The molecule has 20 heavy (non-hydrogen) atoms. The molecule has 1 aliphatic heterocycles. The number of ether oxygens (including phenoxy) is 3. The summed E-state index contributed by atoms with van der Waals surface area (Å²) in [5.41, 5.74) is 0. The third-order valence-electron chi connectivity index (χ3n) is 3.68. The molecule has 1 heterocycles. The third-order valence-corrected chi connectivity index (χ3v) is 3.68. The smallest absolute Gasteiger partial charge is 0.0701 e. The van der Waals surface area contributed by atoms with Crippen LogP contribution in [-0.4, -0.2) is 64.2 Å². The van der Waals surface area contributed by atoms with Crippen LogP contribution < -0.4 is 0 Å². The van der Waals surface area contributed by atoms with Gasteiger partial charge in [-0.05, 0) is 13.0 Å². The molecule has 0 atom stereocenters. The summed E-state index contributed by atoms with van der Waals surface area (Å²) in [4.78, 5) is 2.47. The van der Waals surface area contributed by atoms with Gasteiger partial charge in [0.15, 0.2) is 0 Å². The van der Waals surface area contributed by atoms with Crippen molar-refractivity contribution in [1.82, 2.24) is 4.90 Å². The molecule has 1 rings (SSSR count). The molecular weight excluding hydrogens is 254 g/mol. The zero-order chi connectivity index (χ0) is 14.3. The van der Waals surface area contributed by atoms with Gasteiger partial charge >= 0.3 is 0 Å². The highest BCUT2D eigenvalue weighted by Gasteiger charge is 2.06. The van der Waals surface area contributed by atoms with Crippen molar-refractivity contribution in [3.63, 3.8) is 0 Å². The maximum atomic E-state index is 5.59. The maximum absolute atomic E-state index is 5.59. The monoisotopic (exact) mass is 287 g/mol. The predicted molar refractivity (Wildman–Crippen MR) is 82.3 cm³/mol. The minimum atomic E-state index is 0.681. The predicted octanol–water partition coefficient (Wildman–Crippen LogP) is 2.71. The van der Waals surface area contributed by atoms with Crippen molar-refractivity contribution < 1.29 is 14.2 Å². The summed E-state index contributed by atoms with van der Waals surface area (Å²) in [6.07, 6.45) is 8.13. The number of rotatable bonds is 7. The highest BCUT2D eigenvalue weighted by atomic mass is 16.5. The van der Waals surface area contributed by atoms with Crippen LogP contribution in [0.25, 0.3) is 0 Å². The van der Waals surface area contributed by atoms with Crippen molar-refractivity contribution in [2.45, 2.75) is 45.4 Å². The van der Waals surface area contributed by atoms with E-state index in [4.69, 9.17) is 14.2 Å². The fourth-order valence-electron chi connectivity index (χ4n) is 2.38. The molecule has 120 valence electrons. The van der Waals surface area contributed by atoms with Crippen molar-refractivity contribution in [2.75, 3.05) is 59.3 Å². The lowest BCUT2D eigenvalue weighted by atomic mass is 10.1. The van der Waals surface area contributed by atoms with Gasteiger partial charge < -0.3 is 14.2 Å². The van der Waals surface area contributed by atoms with E-state index in [0.29, 0.717) is 26.4 Å². The number of nitrogens with zero attached hydrogens (tertiary/aromatic N) is 1. The van der Waals surface area contributed by atoms with Crippen LogP contribution in [0.1, 0.15) is 45.4 Å². The first-order valence-corrected chi connectivity index (χ1v) is 8.39. The standard InChI is InChI=1S/C16H33NO3/c1-2-3-4-5-6-7-8-17-9-11-18-13-15-20-16-14-19-12-10-17/h2-16H2,1H3. The minimum absolute atomic E-state index is 0.681. The van der Waals surface area contributed by atoms with Gasteiger partial charge in [-0.2, -0.15) is 0 Å². The van der Waals surface area contributed by atoms with Gasteiger partial charge in [0.1, 0.15) is 0 Å². The molecule has 1 saturated heterocycles. The van der Waals surface area contributed by atoms with Crippen LogP contribution in [0.5, 0.6) is 0 Å². The molecule has 0 aromatic rings. The maximum Gasteiger partial charge on any atom is 0.0701 e. The van der Waals surface area contributed by atoms with Crippen molar-refractivity contribution in [3.05, 3.63) is 0 Å². The number of hydrogen-bond donors (Lipinski definition) is 0. The van der Waals surface area contributed by atoms with Crippen molar-refractivity contribution in [2.24, 2.45) is 0 Å². The van der Waals surface area contributed by atoms with Crippen LogP contribution in [0.4, 0.5) is 0 Å². The lowest BCUT2D eigenvalue weighted by Crippen LogP contribution is -2.33. The normalized spacial score (nSPS) is 20.2. The van der Waals surface area contributed by atoms with E-state index < -0.39 is 0 Å². The van der Waals surface area contributed by atoms with E-state index >= 15 is 0 Å². The Balaban J connectivity index is 2.08. The summed E-state index contributed by atoms with van der Waals surface area (Å²) in [5, 5.41) is 0. The lowest BCUT2D eigenvalue weighted by molar-refractivity contribution is -0.00599.